The average Bonchev–Trinajstić information content (AvgIpc) is 2.79. The number of amides is 1. The first kappa shape index (κ1) is 23.5. The van der Waals surface area contributed by atoms with Crippen molar-refractivity contribution < 1.29 is 23.7 Å². The molecule has 31 heavy (non-hydrogen) atoms. The molecule has 2 rings (SSSR count). The van der Waals surface area contributed by atoms with Crippen LogP contribution in [0.2, 0.25) is 5.02 Å². The number of methoxy groups -OCH3 is 3. The quantitative estimate of drug-likeness (QED) is 0.364. The molecule has 160 valence electrons. The Labute approximate surface area is 186 Å². The van der Waals surface area contributed by atoms with E-state index in [2.05, 4.69) is 11.2 Å². The lowest BCUT2D eigenvalue weighted by Crippen LogP contribution is -2.24. The highest BCUT2D eigenvalue weighted by Crippen LogP contribution is 2.37. The molecule has 1 amide bonds. The van der Waals surface area contributed by atoms with Crippen LogP contribution in [0.3, 0.4) is 0 Å². The van der Waals surface area contributed by atoms with Crippen molar-refractivity contribution >= 4 is 23.6 Å². The number of rotatable bonds is 9. The van der Waals surface area contributed by atoms with E-state index in [-0.39, 0.29) is 29.5 Å². The number of terminal acetylenes is 1. The zero-order chi connectivity index (χ0) is 22.8. The molecule has 0 bridgehead atoms. The third kappa shape index (κ3) is 6.08. The second-order valence-corrected chi connectivity index (χ2v) is 6.46. The van der Waals surface area contributed by atoms with Gasteiger partial charge in [0.1, 0.15) is 29.7 Å². The predicted octanol–water partition coefficient (Wildman–Crippen LogP) is 3.60. The van der Waals surface area contributed by atoms with Crippen LogP contribution in [0.5, 0.6) is 23.0 Å². The van der Waals surface area contributed by atoms with Gasteiger partial charge in [-0.15, -0.1) is 6.42 Å². The molecule has 2 aromatic rings. The van der Waals surface area contributed by atoms with Crippen LogP contribution in [-0.2, 0) is 11.3 Å². The highest BCUT2D eigenvalue weighted by atomic mass is 35.5. The van der Waals surface area contributed by atoms with Gasteiger partial charge in [-0.3, -0.25) is 4.79 Å². The molecule has 0 unspecified atom stereocenters. The fourth-order valence-corrected chi connectivity index (χ4v) is 2.93. The van der Waals surface area contributed by atoms with Crippen molar-refractivity contribution in [1.82, 2.24) is 5.32 Å². The molecule has 0 aliphatic heterocycles. The lowest BCUT2D eigenvalue weighted by molar-refractivity contribution is -0.117. The summed E-state index contributed by atoms with van der Waals surface area (Å²) in [5.41, 5.74) is 1.11. The predicted molar refractivity (Wildman–Crippen MR) is 117 cm³/mol. The van der Waals surface area contributed by atoms with Gasteiger partial charge in [0, 0.05) is 18.2 Å². The number of ether oxygens (including phenoxy) is 4. The van der Waals surface area contributed by atoms with E-state index in [1.54, 1.807) is 37.4 Å². The van der Waals surface area contributed by atoms with E-state index in [0.717, 1.165) is 5.56 Å². The summed E-state index contributed by atoms with van der Waals surface area (Å²) in [5.74, 6) is 3.60. The van der Waals surface area contributed by atoms with Crippen molar-refractivity contribution in [1.29, 1.82) is 5.26 Å². The highest BCUT2D eigenvalue weighted by molar-refractivity contribution is 6.32. The molecule has 0 heterocycles. The van der Waals surface area contributed by atoms with E-state index in [0.29, 0.717) is 22.8 Å². The van der Waals surface area contributed by atoms with Crippen molar-refractivity contribution in [3.8, 4) is 41.4 Å². The van der Waals surface area contributed by atoms with E-state index in [9.17, 15) is 10.1 Å². The maximum atomic E-state index is 12.5. The van der Waals surface area contributed by atoms with Crippen molar-refractivity contribution in [2.24, 2.45) is 0 Å². The van der Waals surface area contributed by atoms with Crippen LogP contribution in [-0.4, -0.2) is 33.8 Å². The molecular formula is C23H21ClN2O5. The maximum Gasteiger partial charge on any atom is 0.262 e. The summed E-state index contributed by atoms with van der Waals surface area (Å²) in [6.07, 6.45) is 6.61. The van der Waals surface area contributed by atoms with Crippen molar-refractivity contribution in [2.45, 2.75) is 6.54 Å². The number of nitriles is 1. The van der Waals surface area contributed by atoms with Crippen LogP contribution in [0.4, 0.5) is 0 Å². The number of nitrogens with zero attached hydrogens (tertiary/aromatic N) is 1. The zero-order valence-corrected chi connectivity index (χ0v) is 18.1. The summed E-state index contributed by atoms with van der Waals surface area (Å²) in [6, 6.07) is 10.3. The van der Waals surface area contributed by atoms with Crippen LogP contribution in [0.15, 0.2) is 35.9 Å². The smallest absolute Gasteiger partial charge is 0.262 e. The Morgan fingerprint density at radius 2 is 1.90 bits per heavy atom. The Kier molecular flexibility index (Phi) is 8.63. The second kappa shape index (κ2) is 11.4. The Morgan fingerprint density at radius 1 is 1.16 bits per heavy atom. The first-order valence-electron chi connectivity index (χ1n) is 9.02. The van der Waals surface area contributed by atoms with E-state index < -0.39 is 5.91 Å². The van der Waals surface area contributed by atoms with Gasteiger partial charge in [0.05, 0.1) is 26.4 Å². The van der Waals surface area contributed by atoms with Crippen LogP contribution in [0.1, 0.15) is 11.1 Å². The van der Waals surface area contributed by atoms with Gasteiger partial charge in [0.25, 0.3) is 5.91 Å². The lowest BCUT2D eigenvalue weighted by Gasteiger charge is -2.12. The number of carbonyl (C=O) groups excluding carboxylic acids is 1. The topological polar surface area (TPSA) is 89.8 Å². The molecule has 2 aromatic carbocycles. The summed E-state index contributed by atoms with van der Waals surface area (Å²) < 4.78 is 21.1. The standard InChI is InChI=1S/C23H21ClN2O5/c1-5-8-31-22-19(24)10-15(11-21(22)30-4)9-17(13-25)23(27)26-14-16-6-7-18(28-2)12-20(16)29-3/h1,6-7,9-12H,8,14H2,2-4H3,(H,26,27)/b17-9+. The molecule has 0 spiro atoms. The summed E-state index contributed by atoms with van der Waals surface area (Å²) in [7, 11) is 4.52. The maximum absolute atomic E-state index is 12.5. The SMILES string of the molecule is C#CCOc1c(Cl)cc(/C=C(\C#N)C(=O)NCc2ccc(OC)cc2OC)cc1OC. The summed E-state index contributed by atoms with van der Waals surface area (Å²) in [6.45, 7) is 0.180. The van der Waals surface area contributed by atoms with E-state index in [1.165, 1.54) is 20.3 Å². The third-order valence-corrected chi connectivity index (χ3v) is 4.44. The number of benzene rings is 2. The molecule has 0 atom stereocenters. The largest absolute Gasteiger partial charge is 0.497 e. The van der Waals surface area contributed by atoms with E-state index >= 15 is 0 Å². The van der Waals surface area contributed by atoms with Gasteiger partial charge in [-0.25, -0.2) is 0 Å². The lowest BCUT2D eigenvalue weighted by atomic mass is 10.1. The third-order valence-electron chi connectivity index (χ3n) is 4.16. The van der Waals surface area contributed by atoms with Gasteiger partial charge >= 0.3 is 0 Å². The summed E-state index contributed by atoms with van der Waals surface area (Å²) >= 11 is 6.24. The molecule has 1 N–H and O–H groups in total. The van der Waals surface area contributed by atoms with Gasteiger partial charge in [-0.05, 0) is 35.9 Å². The minimum Gasteiger partial charge on any atom is -0.497 e. The van der Waals surface area contributed by atoms with E-state index in [1.807, 2.05) is 6.07 Å². The Balaban J connectivity index is 2.22. The fourth-order valence-electron chi connectivity index (χ4n) is 2.66. The molecule has 0 radical (unpaired) electrons. The minimum absolute atomic E-state index is 0.0198. The molecule has 0 aliphatic rings. The molecule has 0 aliphatic carbocycles. The number of halogens is 1. The second-order valence-electron chi connectivity index (χ2n) is 6.06. The average molecular weight is 441 g/mol. The molecular weight excluding hydrogens is 420 g/mol. The van der Waals surface area contributed by atoms with Gasteiger partial charge in [-0.1, -0.05) is 17.5 Å². The normalized spacial score (nSPS) is 10.5. The molecule has 0 saturated heterocycles. The van der Waals surface area contributed by atoms with Gasteiger partial charge < -0.3 is 24.3 Å². The van der Waals surface area contributed by atoms with Crippen molar-refractivity contribution in [2.75, 3.05) is 27.9 Å². The van der Waals surface area contributed by atoms with Gasteiger partial charge in [0.15, 0.2) is 11.5 Å². The fraction of sp³-hybridized carbons (Fsp3) is 0.217. The van der Waals surface area contributed by atoms with Gasteiger partial charge in [-0.2, -0.15) is 5.26 Å². The summed E-state index contributed by atoms with van der Waals surface area (Å²) in [5, 5.41) is 12.4. The van der Waals surface area contributed by atoms with Gasteiger partial charge in [0.2, 0.25) is 0 Å². The number of hydrogen-bond acceptors (Lipinski definition) is 6. The van der Waals surface area contributed by atoms with Crippen molar-refractivity contribution in [3.05, 3.63) is 52.1 Å². The van der Waals surface area contributed by atoms with E-state index in [4.69, 9.17) is 37.0 Å². The molecule has 8 heteroatoms. The van der Waals surface area contributed by atoms with Crippen molar-refractivity contribution in [3.63, 3.8) is 0 Å². The monoisotopic (exact) mass is 440 g/mol. The Morgan fingerprint density at radius 3 is 2.52 bits per heavy atom. The number of hydrogen-bond donors (Lipinski definition) is 1. The zero-order valence-electron chi connectivity index (χ0n) is 17.3. The molecule has 0 aromatic heterocycles. The van der Waals surface area contributed by atoms with Crippen LogP contribution in [0, 0.1) is 23.7 Å². The Hall–Kier alpha value is -3.81. The molecule has 7 nitrogen and oxygen atoms in total. The highest BCUT2D eigenvalue weighted by Gasteiger charge is 2.15. The molecule has 0 fully saturated rings. The first-order chi connectivity index (χ1) is 15.0. The first-order valence-corrected chi connectivity index (χ1v) is 9.39. The number of carbonyl (C=O) groups is 1. The summed E-state index contributed by atoms with van der Waals surface area (Å²) in [4.78, 5) is 12.5. The Bertz CT molecular complexity index is 1070. The van der Waals surface area contributed by atoms with Crippen LogP contribution < -0.4 is 24.3 Å². The van der Waals surface area contributed by atoms with Crippen LogP contribution >= 0.6 is 11.6 Å². The minimum atomic E-state index is -0.553. The number of nitrogens with one attached hydrogen (secondary N) is 1. The molecule has 0 saturated carbocycles. The van der Waals surface area contributed by atoms with Crippen LogP contribution in [0.25, 0.3) is 6.08 Å².